The molecule has 1 aliphatic heterocycles. The van der Waals surface area contributed by atoms with Crippen molar-refractivity contribution in [3.63, 3.8) is 0 Å². The number of benzene rings is 1. The average Bonchev–Trinajstić information content (AvgIpc) is 2.83. The predicted octanol–water partition coefficient (Wildman–Crippen LogP) is 2.32. The molecule has 1 fully saturated rings. The molecule has 1 heterocycles. The van der Waals surface area contributed by atoms with E-state index >= 15 is 0 Å². The minimum Gasteiger partial charge on any atom is -0.478 e. The summed E-state index contributed by atoms with van der Waals surface area (Å²) in [6.45, 7) is 0.894. The van der Waals surface area contributed by atoms with Crippen LogP contribution in [0, 0.1) is 0 Å². The summed E-state index contributed by atoms with van der Waals surface area (Å²) < 4.78 is 0. The van der Waals surface area contributed by atoms with Gasteiger partial charge in [-0.2, -0.15) is 11.8 Å². The summed E-state index contributed by atoms with van der Waals surface area (Å²) in [5, 5.41) is 8.82. The number of hydrogen-bond acceptors (Lipinski definition) is 3. The molecule has 0 amide bonds. The van der Waals surface area contributed by atoms with Crippen LogP contribution in [-0.2, 0) is 6.54 Å². The highest BCUT2D eigenvalue weighted by molar-refractivity contribution is 7.99. The van der Waals surface area contributed by atoms with E-state index in [1.807, 2.05) is 23.9 Å². The van der Waals surface area contributed by atoms with E-state index in [1.165, 1.54) is 23.5 Å². The van der Waals surface area contributed by atoms with E-state index < -0.39 is 5.97 Å². The lowest BCUT2D eigenvalue weighted by Crippen LogP contribution is -2.30. The highest BCUT2D eigenvalue weighted by atomic mass is 32.2. The summed E-state index contributed by atoms with van der Waals surface area (Å²) in [6, 6.07) is 7.83. The molecule has 1 atom stereocenters. The smallest absolute Gasteiger partial charge is 0.335 e. The highest BCUT2D eigenvalue weighted by Crippen LogP contribution is 2.22. The number of hydrogen-bond donors (Lipinski definition) is 1. The molecule has 3 nitrogen and oxygen atoms in total. The number of aromatic carboxylic acids is 1. The molecule has 0 radical (unpaired) electrons. The molecule has 1 aliphatic rings. The van der Waals surface area contributed by atoms with Gasteiger partial charge in [0.15, 0.2) is 0 Å². The molecule has 1 aromatic carbocycles. The molecule has 1 aromatic rings. The molecule has 0 bridgehead atoms. The van der Waals surface area contributed by atoms with Crippen molar-refractivity contribution in [1.82, 2.24) is 4.90 Å². The molecule has 0 aromatic heterocycles. The van der Waals surface area contributed by atoms with E-state index in [4.69, 9.17) is 5.11 Å². The maximum absolute atomic E-state index is 10.7. The first-order chi connectivity index (χ1) is 8.16. The molecule has 0 aliphatic carbocycles. The Bertz CT molecular complexity index is 385. The fourth-order valence-corrected chi connectivity index (χ4v) is 3.34. The Kier molecular flexibility index (Phi) is 4.07. The van der Waals surface area contributed by atoms with Crippen molar-refractivity contribution < 1.29 is 9.90 Å². The van der Waals surface area contributed by atoms with Crippen molar-refractivity contribution >= 4 is 17.7 Å². The van der Waals surface area contributed by atoms with Crippen molar-refractivity contribution in [2.45, 2.75) is 19.0 Å². The molecular weight excluding hydrogens is 234 g/mol. The number of carboxylic acids is 1. The minimum absolute atomic E-state index is 0.354. The van der Waals surface area contributed by atoms with Gasteiger partial charge in [-0.1, -0.05) is 12.1 Å². The second-order valence-electron chi connectivity index (χ2n) is 4.43. The third kappa shape index (κ3) is 3.23. The first-order valence-electron chi connectivity index (χ1n) is 5.77. The quantitative estimate of drug-likeness (QED) is 0.891. The summed E-state index contributed by atoms with van der Waals surface area (Å²) >= 11 is 2.01. The maximum atomic E-state index is 10.7. The predicted molar refractivity (Wildman–Crippen MR) is 70.6 cm³/mol. The van der Waals surface area contributed by atoms with Crippen molar-refractivity contribution in [2.24, 2.45) is 0 Å². The van der Waals surface area contributed by atoms with Crippen LogP contribution in [0.5, 0.6) is 0 Å². The van der Waals surface area contributed by atoms with Gasteiger partial charge in [0.05, 0.1) is 5.56 Å². The molecule has 2 rings (SSSR count). The van der Waals surface area contributed by atoms with E-state index in [9.17, 15) is 4.79 Å². The van der Waals surface area contributed by atoms with Gasteiger partial charge in [-0.05, 0) is 36.9 Å². The first kappa shape index (κ1) is 12.5. The minimum atomic E-state index is -0.864. The first-order valence-corrected chi connectivity index (χ1v) is 6.92. The van der Waals surface area contributed by atoms with Crippen molar-refractivity contribution in [2.75, 3.05) is 18.6 Å². The summed E-state index contributed by atoms with van der Waals surface area (Å²) in [6.07, 6.45) is 1.26. The average molecular weight is 251 g/mol. The van der Waals surface area contributed by atoms with Crippen LogP contribution < -0.4 is 0 Å². The molecule has 92 valence electrons. The van der Waals surface area contributed by atoms with E-state index in [0.717, 1.165) is 6.54 Å². The Balaban J connectivity index is 1.96. The number of rotatable bonds is 4. The van der Waals surface area contributed by atoms with Gasteiger partial charge in [0.1, 0.15) is 0 Å². The van der Waals surface area contributed by atoms with Gasteiger partial charge in [-0.15, -0.1) is 0 Å². The van der Waals surface area contributed by atoms with Crippen LogP contribution in [0.25, 0.3) is 0 Å². The molecule has 4 heteroatoms. The van der Waals surface area contributed by atoms with Crippen LogP contribution in [0.15, 0.2) is 24.3 Å². The van der Waals surface area contributed by atoms with Gasteiger partial charge >= 0.3 is 5.97 Å². The largest absolute Gasteiger partial charge is 0.478 e. The Morgan fingerprint density at radius 3 is 2.71 bits per heavy atom. The fraction of sp³-hybridized carbons (Fsp3) is 0.462. The molecular formula is C13H17NO2S. The SMILES string of the molecule is CN(Cc1ccc(C(=O)O)cc1)C1CCSC1. The Morgan fingerprint density at radius 1 is 1.47 bits per heavy atom. The van der Waals surface area contributed by atoms with Crippen molar-refractivity contribution in [1.29, 1.82) is 0 Å². The molecule has 1 saturated heterocycles. The lowest BCUT2D eigenvalue weighted by atomic mass is 10.1. The molecule has 0 spiro atoms. The summed E-state index contributed by atoms with van der Waals surface area (Å²) in [4.78, 5) is 13.1. The van der Waals surface area contributed by atoms with Crippen LogP contribution in [0.4, 0.5) is 0 Å². The zero-order chi connectivity index (χ0) is 12.3. The van der Waals surface area contributed by atoms with Gasteiger partial charge in [0, 0.05) is 18.3 Å². The standard InChI is InChI=1S/C13H17NO2S/c1-14(12-6-7-17-9-12)8-10-2-4-11(5-3-10)13(15)16/h2-5,12H,6-9H2,1H3,(H,15,16). The second kappa shape index (κ2) is 5.56. The Labute approximate surface area is 106 Å². The number of carboxylic acid groups (broad SMARTS) is 1. The summed E-state index contributed by atoms with van der Waals surface area (Å²) in [7, 11) is 2.14. The van der Waals surface area contributed by atoms with Gasteiger partial charge < -0.3 is 5.11 Å². The number of thioether (sulfide) groups is 1. The van der Waals surface area contributed by atoms with E-state index in [0.29, 0.717) is 11.6 Å². The van der Waals surface area contributed by atoms with Crippen LogP contribution in [0.3, 0.4) is 0 Å². The second-order valence-corrected chi connectivity index (χ2v) is 5.58. The van der Waals surface area contributed by atoms with Gasteiger partial charge in [0.2, 0.25) is 0 Å². The third-order valence-electron chi connectivity index (χ3n) is 3.16. The Hall–Kier alpha value is -1.00. The van der Waals surface area contributed by atoms with Gasteiger partial charge in [-0.25, -0.2) is 4.79 Å². The van der Waals surface area contributed by atoms with E-state index in [1.54, 1.807) is 12.1 Å². The van der Waals surface area contributed by atoms with E-state index in [-0.39, 0.29) is 0 Å². The molecule has 1 unspecified atom stereocenters. The molecule has 17 heavy (non-hydrogen) atoms. The Morgan fingerprint density at radius 2 is 2.18 bits per heavy atom. The van der Waals surface area contributed by atoms with Crippen LogP contribution in [-0.4, -0.2) is 40.6 Å². The zero-order valence-corrected chi connectivity index (χ0v) is 10.7. The van der Waals surface area contributed by atoms with Crippen LogP contribution >= 0.6 is 11.8 Å². The van der Waals surface area contributed by atoms with Crippen LogP contribution in [0.1, 0.15) is 22.3 Å². The lowest BCUT2D eigenvalue weighted by Gasteiger charge is -2.23. The lowest BCUT2D eigenvalue weighted by molar-refractivity contribution is 0.0697. The zero-order valence-electron chi connectivity index (χ0n) is 9.93. The van der Waals surface area contributed by atoms with Crippen LogP contribution in [0.2, 0.25) is 0 Å². The highest BCUT2D eigenvalue weighted by Gasteiger charge is 2.19. The van der Waals surface area contributed by atoms with Crippen molar-refractivity contribution in [3.05, 3.63) is 35.4 Å². The normalized spacial score (nSPS) is 19.8. The van der Waals surface area contributed by atoms with Gasteiger partial charge in [0.25, 0.3) is 0 Å². The fourth-order valence-electron chi connectivity index (χ4n) is 2.04. The number of carbonyl (C=O) groups is 1. The number of nitrogens with zero attached hydrogens (tertiary/aromatic N) is 1. The summed E-state index contributed by atoms with van der Waals surface area (Å²) in [5.41, 5.74) is 1.53. The molecule has 0 saturated carbocycles. The van der Waals surface area contributed by atoms with Crippen molar-refractivity contribution in [3.8, 4) is 0 Å². The summed E-state index contributed by atoms with van der Waals surface area (Å²) in [5.74, 6) is 1.61. The third-order valence-corrected chi connectivity index (χ3v) is 4.31. The van der Waals surface area contributed by atoms with Gasteiger partial charge in [-0.3, -0.25) is 4.90 Å². The monoisotopic (exact) mass is 251 g/mol. The topological polar surface area (TPSA) is 40.5 Å². The molecule has 1 N–H and O–H groups in total. The maximum Gasteiger partial charge on any atom is 0.335 e. The van der Waals surface area contributed by atoms with E-state index in [2.05, 4.69) is 11.9 Å².